The number of carboxylic acid groups (broad SMARTS) is 1. The van der Waals surface area contributed by atoms with E-state index in [0.717, 1.165) is 27.8 Å². The predicted molar refractivity (Wildman–Crippen MR) is 132 cm³/mol. The second kappa shape index (κ2) is 10.9. The van der Waals surface area contributed by atoms with Gasteiger partial charge in [0.05, 0.1) is 5.56 Å². The van der Waals surface area contributed by atoms with E-state index in [1.165, 1.54) is 12.1 Å². The number of aromatic carboxylic acids is 1. The summed E-state index contributed by atoms with van der Waals surface area (Å²) in [4.78, 5) is 36.3. The maximum atomic E-state index is 12.7. The monoisotopic (exact) mass is 472 g/mol. The molecule has 7 heteroatoms. The predicted octanol–water partition coefficient (Wildman–Crippen LogP) is 4.71. The van der Waals surface area contributed by atoms with E-state index in [1.807, 2.05) is 31.2 Å². The highest BCUT2D eigenvalue weighted by molar-refractivity contribution is 5.88. The minimum absolute atomic E-state index is 0.0552. The molecule has 1 aliphatic carbocycles. The third kappa shape index (κ3) is 5.51. The summed E-state index contributed by atoms with van der Waals surface area (Å²) in [7, 11) is 0. The van der Waals surface area contributed by atoms with Crippen LogP contribution in [0.1, 0.15) is 52.7 Å². The SMILES string of the molecule is CCC[C@@H](NC(=O)OCC1c2ccccc2-c2ccccc21)C(=O)NCc1ccc(C(=O)O)cc1. The first-order valence-electron chi connectivity index (χ1n) is 11.7. The summed E-state index contributed by atoms with van der Waals surface area (Å²) >= 11 is 0. The van der Waals surface area contributed by atoms with Crippen molar-refractivity contribution in [1.82, 2.24) is 10.6 Å². The minimum Gasteiger partial charge on any atom is -0.478 e. The number of nitrogens with one attached hydrogen (secondary N) is 2. The zero-order valence-electron chi connectivity index (χ0n) is 19.5. The van der Waals surface area contributed by atoms with Crippen LogP contribution >= 0.6 is 0 Å². The molecule has 7 nitrogen and oxygen atoms in total. The fourth-order valence-corrected chi connectivity index (χ4v) is 4.42. The molecule has 0 radical (unpaired) electrons. The molecule has 0 fully saturated rings. The van der Waals surface area contributed by atoms with Crippen LogP contribution in [0.25, 0.3) is 11.1 Å². The standard InChI is InChI=1S/C28H28N2O5/c1-2-7-25(26(31)29-16-18-12-14-19(15-13-18)27(32)33)30-28(34)35-17-24-22-10-5-3-8-20(22)21-9-4-6-11-23(21)24/h3-6,8-15,24-25H,2,7,16-17H2,1H3,(H,29,31)(H,30,34)(H,32,33)/t25-/m1/s1. The number of alkyl carbamates (subject to hydrolysis) is 1. The summed E-state index contributed by atoms with van der Waals surface area (Å²) < 4.78 is 5.58. The summed E-state index contributed by atoms with van der Waals surface area (Å²) in [6.45, 7) is 2.34. The van der Waals surface area contributed by atoms with Gasteiger partial charge in [-0.15, -0.1) is 0 Å². The van der Waals surface area contributed by atoms with Crippen molar-refractivity contribution in [3.8, 4) is 11.1 Å². The van der Waals surface area contributed by atoms with Gasteiger partial charge in [-0.2, -0.15) is 0 Å². The lowest BCUT2D eigenvalue weighted by molar-refractivity contribution is -0.123. The van der Waals surface area contributed by atoms with Crippen molar-refractivity contribution in [2.45, 2.75) is 38.3 Å². The quantitative estimate of drug-likeness (QED) is 0.418. The van der Waals surface area contributed by atoms with Crippen LogP contribution in [0.2, 0.25) is 0 Å². The Labute approximate surface area is 204 Å². The van der Waals surface area contributed by atoms with Crippen molar-refractivity contribution in [3.63, 3.8) is 0 Å². The van der Waals surface area contributed by atoms with E-state index in [4.69, 9.17) is 9.84 Å². The van der Waals surface area contributed by atoms with Crippen molar-refractivity contribution in [1.29, 1.82) is 0 Å². The van der Waals surface area contributed by atoms with E-state index in [9.17, 15) is 14.4 Å². The normalized spacial score (nSPS) is 12.8. The van der Waals surface area contributed by atoms with E-state index >= 15 is 0 Å². The Kier molecular flexibility index (Phi) is 7.45. The molecule has 0 heterocycles. The fraction of sp³-hybridized carbons (Fsp3) is 0.250. The van der Waals surface area contributed by atoms with Crippen molar-refractivity contribution >= 4 is 18.0 Å². The Balaban J connectivity index is 1.34. The highest BCUT2D eigenvalue weighted by Crippen LogP contribution is 2.44. The van der Waals surface area contributed by atoms with Gasteiger partial charge >= 0.3 is 12.1 Å². The van der Waals surface area contributed by atoms with Crippen molar-refractivity contribution < 1.29 is 24.2 Å². The maximum Gasteiger partial charge on any atom is 0.407 e. The van der Waals surface area contributed by atoms with Crippen LogP contribution in [0, 0.1) is 0 Å². The minimum atomic E-state index is -1.00. The van der Waals surface area contributed by atoms with Gasteiger partial charge < -0.3 is 20.5 Å². The van der Waals surface area contributed by atoms with Gasteiger partial charge in [-0.25, -0.2) is 9.59 Å². The number of carboxylic acids is 1. The van der Waals surface area contributed by atoms with E-state index in [-0.39, 0.29) is 30.5 Å². The maximum absolute atomic E-state index is 12.7. The molecule has 1 aliphatic rings. The highest BCUT2D eigenvalue weighted by Gasteiger charge is 2.29. The van der Waals surface area contributed by atoms with Crippen molar-refractivity contribution in [2.24, 2.45) is 0 Å². The molecule has 180 valence electrons. The lowest BCUT2D eigenvalue weighted by atomic mass is 9.98. The van der Waals surface area contributed by atoms with Gasteiger partial charge in [0.15, 0.2) is 0 Å². The smallest absolute Gasteiger partial charge is 0.407 e. The van der Waals surface area contributed by atoms with Crippen LogP contribution in [-0.4, -0.2) is 35.7 Å². The Hall–Kier alpha value is -4.13. The van der Waals surface area contributed by atoms with Crippen LogP contribution in [0.5, 0.6) is 0 Å². The second-order valence-corrected chi connectivity index (χ2v) is 8.53. The molecular weight excluding hydrogens is 444 g/mol. The van der Waals surface area contributed by atoms with Gasteiger partial charge in [0.1, 0.15) is 12.6 Å². The van der Waals surface area contributed by atoms with E-state index < -0.39 is 18.1 Å². The van der Waals surface area contributed by atoms with Crippen LogP contribution in [-0.2, 0) is 16.1 Å². The Bertz CT molecular complexity index is 1180. The van der Waals surface area contributed by atoms with Crippen molar-refractivity contribution in [2.75, 3.05) is 6.61 Å². The molecule has 4 rings (SSSR count). The molecule has 0 spiro atoms. The summed E-state index contributed by atoms with van der Waals surface area (Å²) in [5.41, 5.74) is 5.49. The molecule has 0 aliphatic heterocycles. The third-order valence-corrected chi connectivity index (χ3v) is 6.20. The summed E-state index contributed by atoms with van der Waals surface area (Å²) in [5.74, 6) is -1.38. The molecule has 0 aromatic heterocycles. The molecule has 1 atom stereocenters. The number of ether oxygens (including phenoxy) is 1. The molecule has 3 N–H and O–H groups in total. The number of carbonyl (C=O) groups is 3. The lowest BCUT2D eigenvalue weighted by Crippen LogP contribution is -2.46. The number of amides is 2. The number of fused-ring (bicyclic) bond motifs is 3. The summed E-state index contributed by atoms with van der Waals surface area (Å²) in [5, 5.41) is 14.5. The van der Waals surface area contributed by atoms with Gasteiger partial charge in [0.25, 0.3) is 0 Å². The first-order valence-corrected chi connectivity index (χ1v) is 11.7. The molecule has 35 heavy (non-hydrogen) atoms. The largest absolute Gasteiger partial charge is 0.478 e. The lowest BCUT2D eigenvalue weighted by Gasteiger charge is -2.19. The molecule has 0 bridgehead atoms. The number of rotatable bonds is 9. The zero-order valence-corrected chi connectivity index (χ0v) is 19.5. The van der Waals surface area contributed by atoms with Gasteiger partial charge in [-0.1, -0.05) is 74.0 Å². The molecule has 0 unspecified atom stereocenters. The van der Waals surface area contributed by atoms with Crippen LogP contribution in [0.15, 0.2) is 72.8 Å². The van der Waals surface area contributed by atoms with Gasteiger partial charge in [0, 0.05) is 12.5 Å². The highest BCUT2D eigenvalue weighted by atomic mass is 16.5. The first kappa shape index (κ1) is 24.0. The van der Waals surface area contributed by atoms with Crippen molar-refractivity contribution in [3.05, 3.63) is 95.1 Å². The fourth-order valence-electron chi connectivity index (χ4n) is 4.42. The van der Waals surface area contributed by atoms with Gasteiger partial charge in [0.2, 0.25) is 5.91 Å². The number of benzene rings is 3. The Morgan fingerprint density at radius 2 is 1.51 bits per heavy atom. The molecule has 3 aromatic rings. The van der Waals surface area contributed by atoms with E-state index in [2.05, 4.69) is 34.9 Å². The number of hydrogen-bond donors (Lipinski definition) is 3. The van der Waals surface area contributed by atoms with Crippen LogP contribution in [0.3, 0.4) is 0 Å². The average molecular weight is 473 g/mol. The van der Waals surface area contributed by atoms with E-state index in [0.29, 0.717) is 12.8 Å². The van der Waals surface area contributed by atoms with Crippen LogP contribution in [0.4, 0.5) is 4.79 Å². The average Bonchev–Trinajstić information content (AvgIpc) is 3.19. The van der Waals surface area contributed by atoms with Gasteiger partial charge in [-0.3, -0.25) is 4.79 Å². The van der Waals surface area contributed by atoms with E-state index in [1.54, 1.807) is 12.1 Å². The summed E-state index contributed by atoms with van der Waals surface area (Å²) in [6, 6.07) is 21.8. The second-order valence-electron chi connectivity index (χ2n) is 8.53. The number of hydrogen-bond acceptors (Lipinski definition) is 4. The molecule has 3 aromatic carbocycles. The molecule has 0 saturated carbocycles. The topological polar surface area (TPSA) is 105 Å². The Morgan fingerprint density at radius 3 is 2.09 bits per heavy atom. The first-order chi connectivity index (χ1) is 17.0. The molecule has 0 saturated heterocycles. The molecular formula is C28H28N2O5. The zero-order chi connectivity index (χ0) is 24.8. The number of carbonyl (C=O) groups excluding carboxylic acids is 2. The summed E-state index contributed by atoms with van der Waals surface area (Å²) in [6.07, 6.45) is 0.537. The molecule has 2 amide bonds. The third-order valence-electron chi connectivity index (χ3n) is 6.20. The Morgan fingerprint density at radius 1 is 0.914 bits per heavy atom. The van der Waals surface area contributed by atoms with Gasteiger partial charge in [-0.05, 0) is 46.4 Å². The van der Waals surface area contributed by atoms with Crippen LogP contribution < -0.4 is 10.6 Å².